The summed E-state index contributed by atoms with van der Waals surface area (Å²) in [6.07, 6.45) is 3.20. The number of fused-ring (bicyclic) bond motifs is 1. The van der Waals surface area contributed by atoms with E-state index in [-0.39, 0.29) is 18.5 Å². The second kappa shape index (κ2) is 6.84. The summed E-state index contributed by atoms with van der Waals surface area (Å²) < 4.78 is 15.8. The van der Waals surface area contributed by atoms with E-state index in [4.69, 9.17) is 4.98 Å². The maximum Gasteiger partial charge on any atom is 0.207 e. The van der Waals surface area contributed by atoms with Crippen molar-refractivity contribution in [1.82, 2.24) is 9.55 Å². The Hall–Kier alpha value is -2.40. The van der Waals surface area contributed by atoms with E-state index in [1.54, 1.807) is 12.1 Å². The van der Waals surface area contributed by atoms with Gasteiger partial charge in [-0.05, 0) is 49.1 Å². The van der Waals surface area contributed by atoms with Crippen molar-refractivity contribution in [3.05, 3.63) is 59.9 Å². The Labute approximate surface area is 146 Å². The normalized spacial score (nSPS) is 18.0. The van der Waals surface area contributed by atoms with Crippen LogP contribution >= 0.6 is 0 Å². The second-order valence-electron chi connectivity index (χ2n) is 6.64. The molecule has 0 saturated carbocycles. The number of aliphatic hydroxyl groups is 1. The van der Waals surface area contributed by atoms with E-state index in [0.29, 0.717) is 6.54 Å². The number of halogens is 1. The number of hydrogen-bond donors (Lipinski definition) is 1. The van der Waals surface area contributed by atoms with Gasteiger partial charge in [0.1, 0.15) is 5.82 Å². The number of rotatable bonds is 4. The average molecular weight is 339 g/mol. The second-order valence-corrected chi connectivity index (χ2v) is 6.64. The lowest BCUT2D eigenvalue weighted by Crippen LogP contribution is -2.43. The van der Waals surface area contributed by atoms with E-state index in [2.05, 4.69) is 9.47 Å². The standard InChI is InChI=1S/C20H22FN3O/c21-16-7-5-6-15(12-16)13-24-19-10-2-1-9-18(19)22-20(24)23-11-4-3-8-17(23)14-25/h1-2,5-7,9-10,12,17,25H,3-4,8,11,13-14H2/t17-/m1/s1. The zero-order valence-corrected chi connectivity index (χ0v) is 14.1. The van der Waals surface area contributed by atoms with Gasteiger partial charge in [-0.3, -0.25) is 0 Å². The third-order valence-corrected chi connectivity index (χ3v) is 4.96. The molecule has 1 N–H and O–H groups in total. The molecule has 25 heavy (non-hydrogen) atoms. The number of benzene rings is 2. The highest BCUT2D eigenvalue weighted by molar-refractivity contribution is 5.79. The molecule has 0 unspecified atom stereocenters. The summed E-state index contributed by atoms with van der Waals surface area (Å²) in [6.45, 7) is 1.57. The predicted molar refractivity (Wildman–Crippen MR) is 97.3 cm³/mol. The molecule has 2 heterocycles. The predicted octanol–water partition coefficient (Wildman–Crippen LogP) is 3.57. The SMILES string of the molecule is OC[C@H]1CCCCN1c1nc2ccccc2n1Cc1cccc(F)c1. The number of imidazole rings is 1. The monoisotopic (exact) mass is 339 g/mol. The smallest absolute Gasteiger partial charge is 0.207 e. The van der Waals surface area contributed by atoms with Crippen molar-refractivity contribution < 1.29 is 9.50 Å². The van der Waals surface area contributed by atoms with Crippen molar-refractivity contribution >= 4 is 17.0 Å². The van der Waals surface area contributed by atoms with Crippen LogP contribution in [0.15, 0.2) is 48.5 Å². The number of aromatic nitrogens is 2. The fourth-order valence-corrected chi connectivity index (χ4v) is 3.71. The van der Waals surface area contributed by atoms with Crippen LogP contribution in [-0.2, 0) is 6.54 Å². The van der Waals surface area contributed by atoms with Gasteiger partial charge in [0, 0.05) is 6.54 Å². The van der Waals surface area contributed by atoms with Gasteiger partial charge in [-0.2, -0.15) is 0 Å². The number of anilines is 1. The van der Waals surface area contributed by atoms with E-state index in [1.165, 1.54) is 6.07 Å². The van der Waals surface area contributed by atoms with Crippen LogP contribution < -0.4 is 4.90 Å². The van der Waals surface area contributed by atoms with Crippen molar-refractivity contribution in [1.29, 1.82) is 0 Å². The van der Waals surface area contributed by atoms with E-state index in [1.807, 2.05) is 30.3 Å². The first-order valence-corrected chi connectivity index (χ1v) is 8.83. The lowest BCUT2D eigenvalue weighted by molar-refractivity contribution is 0.238. The maximum atomic E-state index is 13.6. The molecule has 0 spiro atoms. The zero-order valence-electron chi connectivity index (χ0n) is 14.1. The molecule has 1 fully saturated rings. The van der Waals surface area contributed by atoms with Crippen LogP contribution in [0.4, 0.5) is 10.3 Å². The molecule has 0 amide bonds. The quantitative estimate of drug-likeness (QED) is 0.790. The summed E-state index contributed by atoms with van der Waals surface area (Å²) >= 11 is 0. The Morgan fingerprint density at radius 3 is 2.84 bits per heavy atom. The summed E-state index contributed by atoms with van der Waals surface area (Å²) in [5.74, 6) is 0.638. The Morgan fingerprint density at radius 1 is 1.12 bits per heavy atom. The van der Waals surface area contributed by atoms with Crippen LogP contribution in [0.1, 0.15) is 24.8 Å². The molecular formula is C20H22FN3O. The van der Waals surface area contributed by atoms with Gasteiger partial charge >= 0.3 is 0 Å². The van der Waals surface area contributed by atoms with Crippen LogP contribution in [0, 0.1) is 5.82 Å². The highest BCUT2D eigenvalue weighted by Gasteiger charge is 2.26. The van der Waals surface area contributed by atoms with Gasteiger partial charge in [-0.25, -0.2) is 9.37 Å². The summed E-state index contributed by atoms with van der Waals surface area (Å²) in [7, 11) is 0. The van der Waals surface area contributed by atoms with E-state index >= 15 is 0 Å². The molecule has 2 aromatic carbocycles. The molecule has 1 aliphatic rings. The molecule has 130 valence electrons. The molecule has 1 saturated heterocycles. The van der Waals surface area contributed by atoms with Crippen LogP contribution in [0.2, 0.25) is 0 Å². The molecule has 0 bridgehead atoms. The summed E-state index contributed by atoms with van der Waals surface area (Å²) in [5, 5.41) is 9.79. The van der Waals surface area contributed by atoms with Crippen LogP contribution in [0.25, 0.3) is 11.0 Å². The van der Waals surface area contributed by atoms with Gasteiger partial charge in [-0.1, -0.05) is 24.3 Å². The minimum atomic E-state index is -0.227. The minimum absolute atomic E-state index is 0.0943. The van der Waals surface area contributed by atoms with Gasteiger partial charge in [0.15, 0.2) is 0 Å². The van der Waals surface area contributed by atoms with E-state index in [0.717, 1.165) is 48.4 Å². The third kappa shape index (κ3) is 3.12. The molecular weight excluding hydrogens is 317 g/mol. The summed E-state index contributed by atoms with van der Waals surface area (Å²) in [5.41, 5.74) is 2.86. The number of para-hydroxylation sites is 2. The fourth-order valence-electron chi connectivity index (χ4n) is 3.71. The van der Waals surface area contributed by atoms with Crippen molar-refractivity contribution in [2.24, 2.45) is 0 Å². The number of nitrogens with zero attached hydrogens (tertiary/aromatic N) is 3. The first-order valence-electron chi connectivity index (χ1n) is 8.83. The lowest BCUT2D eigenvalue weighted by Gasteiger charge is -2.35. The Kier molecular flexibility index (Phi) is 4.40. The molecule has 1 aliphatic heterocycles. The van der Waals surface area contributed by atoms with Crippen LogP contribution in [0.5, 0.6) is 0 Å². The highest BCUT2D eigenvalue weighted by Crippen LogP contribution is 2.29. The topological polar surface area (TPSA) is 41.3 Å². The minimum Gasteiger partial charge on any atom is -0.394 e. The highest BCUT2D eigenvalue weighted by atomic mass is 19.1. The van der Waals surface area contributed by atoms with Gasteiger partial charge in [-0.15, -0.1) is 0 Å². The molecule has 1 atom stereocenters. The first-order chi connectivity index (χ1) is 12.3. The molecule has 4 rings (SSSR count). The molecule has 4 nitrogen and oxygen atoms in total. The van der Waals surface area contributed by atoms with E-state index < -0.39 is 0 Å². The number of piperidine rings is 1. The van der Waals surface area contributed by atoms with Crippen molar-refractivity contribution in [2.45, 2.75) is 31.8 Å². The summed E-state index contributed by atoms with van der Waals surface area (Å²) in [4.78, 5) is 7.05. The number of hydrogen-bond acceptors (Lipinski definition) is 3. The molecule has 0 radical (unpaired) electrons. The average Bonchev–Trinajstić information content (AvgIpc) is 3.00. The Bertz CT molecular complexity index is 876. The molecule has 1 aromatic heterocycles. The van der Waals surface area contributed by atoms with Gasteiger partial charge in [0.25, 0.3) is 0 Å². The van der Waals surface area contributed by atoms with E-state index in [9.17, 15) is 9.50 Å². The zero-order chi connectivity index (χ0) is 17.2. The van der Waals surface area contributed by atoms with Crippen LogP contribution in [-0.4, -0.2) is 33.9 Å². The molecule has 0 aliphatic carbocycles. The van der Waals surface area contributed by atoms with Gasteiger partial charge < -0.3 is 14.6 Å². The third-order valence-electron chi connectivity index (χ3n) is 4.96. The summed E-state index contributed by atoms with van der Waals surface area (Å²) in [6, 6.07) is 14.8. The van der Waals surface area contributed by atoms with Gasteiger partial charge in [0.2, 0.25) is 5.95 Å². The van der Waals surface area contributed by atoms with Crippen molar-refractivity contribution in [3.63, 3.8) is 0 Å². The number of aliphatic hydroxyl groups excluding tert-OH is 1. The maximum absolute atomic E-state index is 13.6. The molecule has 5 heteroatoms. The van der Waals surface area contributed by atoms with Crippen molar-refractivity contribution in [3.8, 4) is 0 Å². The van der Waals surface area contributed by atoms with Crippen molar-refractivity contribution in [2.75, 3.05) is 18.1 Å². The molecule has 3 aromatic rings. The largest absolute Gasteiger partial charge is 0.394 e. The first kappa shape index (κ1) is 16.1. The fraction of sp³-hybridized carbons (Fsp3) is 0.350. The van der Waals surface area contributed by atoms with Gasteiger partial charge in [0.05, 0.1) is 30.2 Å². The van der Waals surface area contributed by atoms with Crippen LogP contribution in [0.3, 0.4) is 0 Å². The Balaban J connectivity index is 1.80. The lowest BCUT2D eigenvalue weighted by atomic mass is 10.0. The Morgan fingerprint density at radius 2 is 2.00 bits per heavy atom.